The Kier molecular flexibility index (Phi) is 4.40. The van der Waals surface area contributed by atoms with E-state index < -0.39 is 23.9 Å². The third-order valence-corrected chi connectivity index (χ3v) is 2.54. The van der Waals surface area contributed by atoms with Gasteiger partial charge in [0.2, 0.25) is 0 Å². The minimum Gasteiger partial charge on any atom is -0.478 e. The number of nitrogens with zero attached hydrogens (tertiary/aromatic N) is 1. The fourth-order valence-electron chi connectivity index (χ4n) is 1.27. The molecule has 1 aromatic carbocycles. The van der Waals surface area contributed by atoms with Gasteiger partial charge in [0.15, 0.2) is 0 Å². The van der Waals surface area contributed by atoms with Gasteiger partial charge in [-0.3, -0.25) is 0 Å². The van der Waals surface area contributed by atoms with Crippen molar-refractivity contribution >= 4 is 21.9 Å². The molecule has 90 valence electrons. The number of alkyl halides is 3. The zero-order chi connectivity index (χ0) is 13.0. The van der Waals surface area contributed by atoms with Gasteiger partial charge in [-0.25, -0.2) is 4.79 Å². The first kappa shape index (κ1) is 13.4. The molecule has 0 fully saturated rings. The molecule has 0 radical (unpaired) electrons. The number of nitriles is 1. The molecule has 17 heavy (non-hydrogen) atoms. The van der Waals surface area contributed by atoms with E-state index in [9.17, 15) is 13.6 Å². The maximum atomic E-state index is 12.1. The van der Waals surface area contributed by atoms with Gasteiger partial charge in [-0.15, -0.1) is 0 Å². The van der Waals surface area contributed by atoms with Crippen molar-refractivity contribution in [3.8, 4) is 11.8 Å². The summed E-state index contributed by atoms with van der Waals surface area (Å²) >= 11 is 3.07. The maximum absolute atomic E-state index is 12.1. The minimum absolute atomic E-state index is 0.187. The second-order valence-corrected chi connectivity index (χ2v) is 3.46. The van der Waals surface area contributed by atoms with Crippen LogP contribution < -0.4 is 4.74 Å². The van der Waals surface area contributed by atoms with E-state index >= 15 is 0 Å². The van der Waals surface area contributed by atoms with Gasteiger partial charge < -0.3 is 9.84 Å². The van der Waals surface area contributed by atoms with Crippen molar-refractivity contribution in [2.75, 3.05) is 0 Å². The number of hydrogen-bond donors (Lipinski definition) is 1. The van der Waals surface area contributed by atoms with Crippen LogP contribution in [0.5, 0.6) is 5.75 Å². The third kappa shape index (κ3) is 2.91. The number of carboxylic acids is 1. The number of hydrogen-bond acceptors (Lipinski definition) is 3. The van der Waals surface area contributed by atoms with Gasteiger partial charge in [-0.1, -0.05) is 22.0 Å². The van der Waals surface area contributed by atoms with Crippen LogP contribution in [0.1, 0.15) is 21.5 Å². The molecule has 4 nitrogen and oxygen atoms in total. The van der Waals surface area contributed by atoms with Crippen LogP contribution in [0.25, 0.3) is 0 Å². The molecule has 0 amide bonds. The highest BCUT2D eigenvalue weighted by atomic mass is 79.9. The van der Waals surface area contributed by atoms with E-state index in [1.54, 1.807) is 6.07 Å². The Hall–Kier alpha value is -1.68. The maximum Gasteiger partial charge on any atom is 0.387 e. The summed E-state index contributed by atoms with van der Waals surface area (Å²) in [5.74, 6) is -2.01. The molecule has 0 unspecified atom stereocenters. The molecular weight excluding hydrogens is 300 g/mol. The van der Waals surface area contributed by atoms with Gasteiger partial charge in [0.25, 0.3) is 0 Å². The largest absolute Gasteiger partial charge is 0.478 e. The SMILES string of the molecule is N#Cc1c(CBr)ccc(OC(F)F)c1C(=O)O. The van der Waals surface area contributed by atoms with Crippen LogP contribution in [0.3, 0.4) is 0 Å². The lowest BCUT2D eigenvalue weighted by atomic mass is 10.0. The van der Waals surface area contributed by atoms with Gasteiger partial charge in [0.05, 0.1) is 5.56 Å². The molecule has 7 heteroatoms. The van der Waals surface area contributed by atoms with Crippen LogP contribution in [0.15, 0.2) is 12.1 Å². The number of aromatic carboxylic acids is 1. The van der Waals surface area contributed by atoms with Crippen molar-refractivity contribution in [3.63, 3.8) is 0 Å². The van der Waals surface area contributed by atoms with E-state index in [1.165, 1.54) is 6.07 Å². The number of carboxylic acid groups (broad SMARTS) is 1. The highest BCUT2D eigenvalue weighted by Crippen LogP contribution is 2.28. The van der Waals surface area contributed by atoms with Crippen molar-refractivity contribution < 1.29 is 23.4 Å². The Bertz CT molecular complexity index is 485. The molecule has 0 aromatic heterocycles. The topological polar surface area (TPSA) is 70.3 Å². The summed E-state index contributed by atoms with van der Waals surface area (Å²) < 4.78 is 28.2. The van der Waals surface area contributed by atoms with E-state index in [2.05, 4.69) is 20.7 Å². The van der Waals surface area contributed by atoms with E-state index in [0.29, 0.717) is 5.56 Å². The van der Waals surface area contributed by atoms with Crippen molar-refractivity contribution in [2.45, 2.75) is 11.9 Å². The van der Waals surface area contributed by atoms with E-state index in [0.717, 1.165) is 6.07 Å². The van der Waals surface area contributed by atoms with Gasteiger partial charge in [-0.05, 0) is 11.6 Å². The number of halogens is 3. The summed E-state index contributed by atoms with van der Waals surface area (Å²) in [6.45, 7) is -3.14. The second-order valence-electron chi connectivity index (χ2n) is 2.90. The molecule has 0 spiro atoms. The highest BCUT2D eigenvalue weighted by molar-refractivity contribution is 9.08. The van der Waals surface area contributed by atoms with Gasteiger partial charge in [0, 0.05) is 5.33 Å². The first-order chi connectivity index (χ1) is 8.01. The Labute approximate surface area is 104 Å². The average Bonchev–Trinajstić information content (AvgIpc) is 2.26. The smallest absolute Gasteiger partial charge is 0.387 e. The highest BCUT2D eigenvalue weighted by Gasteiger charge is 2.21. The first-order valence-electron chi connectivity index (χ1n) is 4.31. The summed E-state index contributed by atoms with van der Waals surface area (Å²) in [6.07, 6.45) is 0. The standard InChI is InChI=1S/C10H6BrF2NO3/c11-3-5-1-2-7(17-10(12)13)8(9(15)16)6(5)4-14/h1-2,10H,3H2,(H,15,16). The first-order valence-corrected chi connectivity index (χ1v) is 5.43. The Morgan fingerprint density at radius 1 is 1.59 bits per heavy atom. The van der Waals surface area contributed by atoms with Crippen LogP contribution in [0.2, 0.25) is 0 Å². The van der Waals surface area contributed by atoms with Crippen molar-refractivity contribution in [1.82, 2.24) is 0 Å². The van der Waals surface area contributed by atoms with Gasteiger partial charge in [0.1, 0.15) is 17.4 Å². The predicted molar refractivity (Wildman–Crippen MR) is 57.4 cm³/mol. The molecule has 0 heterocycles. The van der Waals surface area contributed by atoms with Crippen LogP contribution in [-0.2, 0) is 5.33 Å². The summed E-state index contributed by atoms with van der Waals surface area (Å²) in [6, 6.07) is 4.14. The number of ether oxygens (including phenoxy) is 1. The van der Waals surface area contributed by atoms with Crippen LogP contribution >= 0.6 is 15.9 Å². The van der Waals surface area contributed by atoms with E-state index in [-0.39, 0.29) is 10.9 Å². The molecule has 0 saturated heterocycles. The lowest BCUT2D eigenvalue weighted by molar-refractivity contribution is -0.0503. The lowest BCUT2D eigenvalue weighted by Crippen LogP contribution is -2.10. The number of rotatable bonds is 4. The van der Waals surface area contributed by atoms with Crippen molar-refractivity contribution in [1.29, 1.82) is 5.26 Å². The Balaban J connectivity index is 3.43. The molecule has 0 atom stereocenters. The van der Waals surface area contributed by atoms with Crippen LogP contribution in [0.4, 0.5) is 8.78 Å². The fourth-order valence-corrected chi connectivity index (χ4v) is 1.74. The summed E-state index contributed by atoms with van der Waals surface area (Å²) in [4.78, 5) is 11.0. The quantitative estimate of drug-likeness (QED) is 0.868. The Morgan fingerprint density at radius 3 is 2.65 bits per heavy atom. The molecule has 0 aliphatic carbocycles. The van der Waals surface area contributed by atoms with Crippen molar-refractivity contribution in [3.05, 3.63) is 28.8 Å². The molecule has 1 N–H and O–H groups in total. The normalized spacial score (nSPS) is 10.1. The monoisotopic (exact) mass is 305 g/mol. The van der Waals surface area contributed by atoms with Crippen molar-refractivity contribution in [2.24, 2.45) is 0 Å². The average molecular weight is 306 g/mol. The molecule has 0 aliphatic heterocycles. The third-order valence-electron chi connectivity index (χ3n) is 1.94. The number of benzene rings is 1. The van der Waals surface area contributed by atoms with Crippen LogP contribution in [0, 0.1) is 11.3 Å². The van der Waals surface area contributed by atoms with Crippen LogP contribution in [-0.4, -0.2) is 17.7 Å². The zero-order valence-electron chi connectivity index (χ0n) is 8.28. The lowest BCUT2D eigenvalue weighted by Gasteiger charge is -2.11. The van der Waals surface area contributed by atoms with Gasteiger partial charge in [-0.2, -0.15) is 14.0 Å². The zero-order valence-corrected chi connectivity index (χ0v) is 9.87. The summed E-state index contributed by atoms with van der Waals surface area (Å²) in [7, 11) is 0. The van der Waals surface area contributed by atoms with E-state index in [1.807, 2.05) is 0 Å². The molecule has 1 aromatic rings. The molecule has 0 aliphatic rings. The van der Waals surface area contributed by atoms with Gasteiger partial charge >= 0.3 is 12.6 Å². The molecule has 1 rings (SSSR count). The second kappa shape index (κ2) is 5.59. The predicted octanol–water partition coefficient (Wildman–Crippen LogP) is 2.75. The summed E-state index contributed by atoms with van der Waals surface area (Å²) in [5, 5.41) is 18.0. The number of carbonyl (C=O) groups is 1. The molecule has 0 bridgehead atoms. The molecular formula is C10H6BrF2NO3. The minimum atomic E-state index is -3.14. The fraction of sp³-hybridized carbons (Fsp3) is 0.200. The summed E-state index contributed by atoms with van der Waals surface area (Å²) in [5.41, 5.74) is -0.344. The Morgan fingerprint density at radius 2 is 2.24 bits per heavy atom. The van der Waals surface area contributed by atoms with E-state index in [4.69, 9.17) is 10.4 Å². The molecule has 0 saturated carbocycles.